The maximum absolute atomic E-state index is 12.9. The van der Waals surface area contributed by atoms with E-state index in [1.165, 1.54) is 6.92 Å². The molecule has 14 heavy (non-hydrogen) atoms. The average Bonchev–Trinajstić information content (AvgIpc) is 2.09. The molecule has 3 nitrogen and oxygen atoms in total. The van der Waals surface area contributed by atoms with E-state index in [-0.39, 0.29) is 5.56 Å². The predicted octanol–water partition coefficient (Wildman–Crippen LogP) is 1.54. The van der Waals surface area contributed by atoms with Gasteiger partial charge in [0.25, 0.3) is 5.78 Å². The molecule has 1 rings (SSSR count). The van der Waals surface area contributed by atoms with Crippen molar-refractivity contribution in [1.82, 2.24) is 0 Å². The molecule has 0 spiro atoms. The van der Waals surface area contributed by atoms with Crippen LogP contribution in [0.3, 0.4) is 0 Å². The minimum Gasteiger partial charge on any atom is -0.475 e. The van der Waals surface area contributed by atoms with Crippen molar-refractivity contribution in [1.29, 1.82) is 0 Å². The molecule has 0 fully saturated rings. The molecular formula is C9H6F2O3. The highest BCUT2D eigenvalue weighted by atomic mass is 19.2. The molecule has 0 bridgehead atoms. The number of ketones is 1. The average molecular weight is 200 g/mol. The molecule has 0 aromatic heterocycles. The molecule has 74 valence electrons. The van der Waals surface area contributed by atoms with Gasteiger partial charge in [-0.2, -0.15) is 0 Å². The zero-order chi connectivity index (χ0) is 10.9. The van der Waals surface area contributed by atoms with Gasteiger partial charge in [0, 0.05) is 0 Å². The van der Waals surface area contributed by atoms with Crippen molar-refractivity contribution in [2.24, 2.45) is 0 Å². The van der Waals surface area contributed by atoms with Crippen LogP contribution in [0.2, 0.25) is 0 Å². The first-order valence-electron chi connectivity index (χ1n) is 3.66. The van der Waals surface area contributed by atoms with Gasteiger partial charge in [-0.25, -0.2) is 13.6 Å². The summed E-state index contributed by atoms with van der Waals surface area (Å²) in [6.45, 7) is 1.43. The van der Waals surface area contributed by atoms with E-state index >= 15 is 0 Å². The SMILES string of the molecule is Cc1cc(F)c(F)c(C(=O)C(=O)O)c1. The number of hydrogen-bond acceptors (Lipinski definition) is 2. The summed E-state index contributed by atoms with van der Waals surface area (Å²) in [6.07, 6.45) is 0. The zero-order valence-electron chi connectivity index (χ0n) is 7.17. The molecule has 1 aromatic carbocycles. The minimum atomic E-state index is -1.81. The van der Waals surface area contributed by atoms with Crippen molar-refractivity contribution in [3.63, 3.8) is 0 Å². The van der Waals surface area contributed by atoms with Gasteiger partial charge in [-0.15, -0.1) is 0 Å². The molecule has 0 saturated heterocycles. The fourth-order valence-electron chi connectivity index (χ4n) is 1.01. The highest BCUT2D eigenvalue weighted by Crippen LogP contribution is 2.15. The molecule has 0 unspecified atom stereocenters. The number of carboxylic acid groups (broad SMARTS) is 1. The maximum Gasteiger partial charge on any atom is 0.377 e. The van der Waals surface area contributed by atoms with E-state index in [0.29, 0.717) is 0 Å². The second kappa shape index (κ2) is 3.53. The van der Waals surface area contributed by atoms with Crippen LogP contribution < -0.4 is 0 Å². The molecule has 0 aliphatic carbocycles. The Balaban J connectivity index is 3.34. The highest BCUT2D eigenvalue weighted by Gasteiger charge is 2.21. The molecule has 0 radical (unpaired) electrons. The fraction of sp³-hybridized carbons (Fsp3) is 0.111. The molecule has 0 aliphatic heterocycles. The van der Waals surface area contributed by atoms with E-state index in [2.05, 4.69) is 0 Å². The summed E-state index contributed by atoms with van der Waals surface area (Å²) < 4.78 is 25.7. The molecule has 0 atom stereocenters. The maximum atomic E-state index is 12.9. The van der Waals surface area contributed by atoms with E-state index in [4.69, 9.17) is 5.11 Å². The van der Waals surface area contributed by atoms with Gasteiger partial charge in [-0.1, -0.05) is 0 Å². The highest BCUT2D eigenvalue weighted by molar-refractivity contribution is 6.39. The number of rotatable bonds is 2. The third kappa shape index (κ3) is 1.76. The Labute approximate surface area is 78.0 Å². The van der Waals surface area contributed by atoms with Gasteiger partial charge in [0.05, 0.1) is 5.56 Å². The molecule has 0 amide bonds. The largest absolute Gasteiger partial charge is 0.475 e. The number of halogens is 2. The summed E-state index contributed by atoms with van der Waals surface area (Å²) in [7, 11) is 0. The topological polar surface area (TPSA) is 54.4 Å². The van der Waals surface area contributed by atoms with E-state index < -0.39 is 29.0 Å². The molecule has 1 aromatic rings. The number of benzene rings is 1. The smallest absolute Gasteiger partial charge is 0.377 e. The lowest BCUT2D eigenvalue weighted by Gasteiger charge is -2.01. The van der Waals surface area contributed by atoms with Crippen LogP contribution >= 0.6 is 0 Å². The third-order valence-electron chi connectivity index (χ3n) is 1.61. The van der Waals surface area contributed by atoms with Gasteiger partial charge in [0.15, 0.2) is 11.6 Å². The number of carboxylic acids is 1. The van der Waals surface area contributed by atoms with E-state index in [9.17, 15) is 18.4 Å². The number of hydrogen-bond donors (Lipinski definition) is 1. The number of Topliss-reactive ketones (excluding diaryl/α,β-unsaturated/α-hetero) is 1. The standard InChI is InChI=1S/C9H6F2O3/c1-4-2-5(8(12)9(13)14)7(11)6(10)3-4/h2-3H,1H3,(H,13,14). The fourth-order valence-corrected chi connectivity index (χ4v) is 1.01. The quantitative estimate of drug-likeness (QED) is 0.582. The van der Waals surface area contributed by atoms with Crippen LogP contribution in [0, 0.1) is 18.6 Å². The van der Waals surface area contributed by atoms with Gasteiger partial charge < -0.3 is 5.11 Å². The first kappa shape index (κ1) is 10.3. The van der Waals surface area contributed by atoms with Crippen molar-refractivity contribution in [2.75, 3.05) is 0 Å². The van der Waals surface area contributed by atoms with Gasteiger partial charge >= 0.3 is 5.97 Å². The summed E-state index contributed by atoms with van der Waals surface area (Å²) in [5, 5.41) is 8.30. The van der Waals surface area contributed by atoms with Crippen LogP contribution in [0.15, 0.2) is 12.1 Å². The first-order chi connectivity index (χ1) is 6.43. The second-order valence-corrected chi connectivity index (χ2v) is 2.74. The monoisotopic (exact) mass is 200 g/mol. The lowest BCUT2D eigenvalue weighted by atomic mass is 10.1. The lowest BCUT2D eigenvalue weighted by Crippen LogP contribution is -2.15. The Morgan fingerprint density at radius 1 is 1.29 bits per heavy atom. The number of aryl methyl sites for hydroxylation is 1. The van der Waals surface area contributed by atoms with Crippen molar-refractivity contribution in [3.8, 4) is 0 Å². The molecule has 0 aliphatic rings. The predicted molar refractivity (Wildman–Crippen MR) is 43.1 cm³/mol. The molecule has 0 heterocycles. The van der Waals surface area contributed by atoms with Crippen molar-refractivity contribution < 1.29 is 23.5 Å². The molecule has 0 saturated carbocycles. The summed E-state index contributed by atoms with van der Waals surface area (Å²) in [4.78, 5) is 21.1. The van der Waals surface area contributed by atoms with Gasteiger partial charge in [0.2, 0.25) is 0 Å². The van der Waals surface area contributed by atoms with Crippen molar-refractivity contribution in [2.45, 2.75) is 6.92 Å². The Hall–Kier alpha value is -1.78. The Bertz CT molecular complexity index is 413. The summed E-state index contributed by atoms with van der Waals surface area (Å²) in [6, 6.07) is 1.88. The Morgan fingerprint density at radius 3 is 2.36 bits per heavy atom. The summed E-state index contributed by atoms with van der Waals surface area (Å²) in [5.41, 5.74) is -0.469. The molecule has 5 heteroatoms. The van der Waals surface area contributed by atoms with Gasteiger partial charge in [0.1, 0.15) is 0 Å². The Kier molecular flexibility index (Phi) is 2.60. The van der Waals surface area contributed by atoms with Crippen LogP contribution in [0.5, 0.6) is 0 Å². The van der Waals surface area contributed by atoms with Crippen LogP contribution in [-0.4, -0.2) is 16.9 Å². The zero-order valence-corrected chi connectivity index (χ0v) is 7.17. The van der Waals surface area contributed by atoms with Crippen molar-refractivity contribution >= 4 is 11.8 Å². The first-order valence-corrected chi connectivity index (χ1v) is 3.66. The minimum absolute atomic E-state index is 0.286. The van der Waals surface area contributed by atoms with Crippen LogP contribution in [0.1, 0.15) is 15.9 Å². The Morgan fingerprint density at radius 2 is 1.86 bits per heavy atom. The normalized spacial score (nSPS) is 9.93. The van der Waals surface area contributed by atoms with E-state index in [0.717, 1.165) is 12.1 Å². The van der Waals surface area contributed by atoms with E-state index in [1.54, 1.807) is 0 Å². The second-order valence-electron chi connectivity index (χ2n) is 2.74. The number of aliphatic carboxylic acids is 1. The lowest BCUT2D eigenvalue weighted by molar-refractivity contribution is -0.131. The van der Waals surface area contributed by atoms with Crippen molar-refractivity contribution in [3.05, 3.63) is 34.9 Å². The van der Waals surface area contributed by atoms with Gasteiger partial charge in [-0.3, -0.25) is 4.79 Å². The van der Waals surface area contributed by atoms with E-state index in [1.807, 2.05) is 0 Å². The summed E-state index contributed by atoms with van der Waals surface area (Å²) >= 11 is 0. The summed E-state index contributed by atoms with van der Waals surface area (Å²) in [5.74, 6) is -5.92. The van der Waals surface area contributed by atoms with Gasteiger partial charge in [-0.05, 0) is 24.6 Å². The molecular weight excluding hydrogens is 194 g/mol. The van der Waals surface area contributed by atoms with Crippen LogP contribution in [-0.2, 0) is 4.79 Å². The molecule has 1 N–H and O–H groups in total. The third-order valence-corrected chi connectivity index (χ3v) is 1.61. The number of carbonyl (C=O) groups excluding carboxylic acids is 1. The number of carbonyl (C=O) groups is 2. The van der Waals surface area contributed by atoms with Crippen LogP contribution in [0.25, 0.3) is 0 Å². The van der Waals surface area contributed by atoms with Crippen LogP contribution in [0.4, 0.5) is 8.78 Å².